The highest BCUT2D eigenvalue weighted by atomic mass is 32.1. The van der Waals surface area contributed by atoms with Crippen molar-refractivity contribution >= 4 is 32.6 Å². The van der Waals surface area contributed by atoms with Gasteiger partial charge in [0.1, 0.15) is 5.82 Å². The molecule has 1 atom stereocenters. The SMILES string of the molecule is Cc1cc(C)c2nc(N3CCC[C@@H](C(=O)NCc4ccc(F)cc4)C3)sc2c1. The minimum absolute atomic E-state index is 0.0518. The lowest BCUT2D eigenvalue weighted by atomic mass is 9.97. The Bertz CT molecular complexity index is 999. The molecule has 146 valence electrons. The van der Waals surface area contributed by atoms with Crippen LogP contribution in [-0.2, 0) is 11.3 Å². The molecule has 1 aromatic heterocycles. The summed E-state index contributed by atoms with van der Waals surface area (Å²) in [6, 6.07) is 10.6. The number of piperidine rings is 1. The van der Waals surface area contributed by atoms with Crippen LogP contribution in [-0.4, -0.2) is 24.0 Å². The summed E-state index contributed by atoms with van der Waals surface area (Å²) in [4.78, 5) is 19.7. The van der Waals surface area contributed by atoms with Gasteiger partial charge in [-0.25, -0.2) is 9.37 Å². The van der Waals surface area contributed by atoms with Gasteiger partial charge in [0.15, 0.2) is 5.13 Å². The highest BCUT2D eigenvalue weighted by Crippen LogP contribution is 2.33. The monoisotopic (exact) mass is 397 g/mol. The second-order valence-electron chi connectivity index (χ2n) is 7.55. The van der Waals surface area contributed by atoms with Crippen LogP contribution in [0.1, 0.15) is 29.5 Å². The van der Waals surface area contributed by atoms with Gasteiger partial charge in [-0.15, -0.1) is 0 Å². The number of rotatable bonds is 4. The first-order valence-corrected chi connectivity index (χ1v) is 10.5. The molecule has 0 saturated carbocycles. The van der Waals surface area contributed by atoms with Gasteiger partial charge in [0, 0.05) is 19.6 Å². The molecule has 0 radical (unpaired) electrons. The number of nitrogens with one attached hydrogen (secondary N) is 1. The molecule has 1 aliphatic rings. The maximum atomic E-state index is 13.0. The van der Waals surface area contributed by atoms with E-state index in [2.05, 4.69) is 36.2 Å². The van der Waals surface area contributed by atoms with Crippen LogP contribution < -0.4 is 10.2 Å². The van der Waals surface area contributed by atoms with Crippen LogP contribution in [0.3, 0.4) is 0 Å². The number of carbonyl (C=O) groups is 1. The number of halogens is 1. The van der Waals surface area contributed by atoms with E-state index < -0.39 is 0 Å². The van der Waals surface area contributed by atoms with Crippen LogP contribution >= 0.6 is 11.3 Å². The average Bonchev–Trinajstić information content (AvgIpc) is 3.12. The van der Waals surface area contributed by atoms with Crippen molar-refractivity contribution in [1.29, 1.82) is 0 Å². The Morgan fingerprint density at radius 2 is 2.07 bits per heavy atom. The van der Waals surface area contributed by atoms with E-state index in [-0.39, 0.29) is 17.6 Å². The maximum absolute atomic E-state index is 13.0. The van der Waals surface area contributed by atoms with Gasteiger partial charge in [0.05, 0.1) is 16.1 Å². The summed E-state index contributed by atoms with van der Waals surface area (Å²) in [7, 11) is 0. The first-order chi connectivity index (χ1) is 13.5. The van der Waals surface area contributed by atoms with Gasteiger partial charge in [0.25, 0.3) is 0 Å². The predicted octanol–water partition coefficient (Wildman–Crippen LogP) is 4.59. The van der Waals surface area contributed by atoms with E-state index in [9.17, 15) is 9.18 Å². The van der Waals surface area contributed by atoms with E-state index in [1.165, 1.54) is 28.0 Å². The summed E-state index contributed by atoms with van der Waals surface area (Å²) in [5.74, 6) is -0.259. The number of anilines is 1. The van der Waals surface area contributed by atoms with E-state index in [4.69, 9.17) is 4.98 Å². The van der Waals surface area contributed by atoms with Crippen molar-refractivity contribution < 1.29 is 9.18 Å². The number of hydrogen-bond acceptors (Lipinski definition) is 4. The van der Waals surface area contributed by atoms with Crippen molar-refractivity contribution in [2.24, 2.45) is 5.92 Å². The zero-order chi connectivity index (χ0) is 19.7. The number of hydrogen-bond donors (Lipinski definition) is 1. The first kappa shape index (κ1) is 18.9. The van der Waals surface area contributed by atoms with Crippen molar-refractivity contribution in [3.63, 3.8) is 0 Å². The standard InChI is InChI=1S/C22H24FN3OS/c1-14-10-15(2)20-19(11-14)28-22(25-20)26-9-3-4-17(13-26)21(27)24-12-16-5-7-18(23)8-6-16/h5-8,10-11,17H,3-4,9,12-13H2,1-2H3,(H,24,27)/t17-/m1/s1. The third-order valence-electron chi connectivity index (χ3n) is 5.26. The third-order valence-corrected chi connectivity index (χ3v) is 6.32. The lowest BCUT2D eigenvalue weighted by Crippen LogP contribution is -2.42. The molecule has 2 heterocycles. The van der Waals surface area contributed by atoms with E-state index in [0.717, 1.165) is 35.6 Å². The highest BCUT2D eigenvalue weighted by molar-refractivity contribution is 7.22. The Balaban J connectivity index is 1.43. The van der Waals surface area contributed by atoms with Crippen molar-refractivity contribution in [3.8, 4) is 0 Å². The minimum atomic E-state index is -0.265. The zero-order valence-electron chi connectivity index (χ0n) is 16.2. The molecular weight excluding hydrogens is 373 g/mol. The van der Waals surface area contributed by atoms with E-state index in [1.54, 1.807) is 23.5 Å². The zero-order valence-corrected chi connectivity index (χ0v) is 17.0. The van der Waals surface area contributed by atoms with Gasteiger partial charge < -0.3 is 10.2 Å². The molecule has 0 bridgehead atoms. The molecular formula is C22H24FN3OS. The van der Waals surface area contributed by atoms with Gasteiger partial charge in [-0.1, -0.05) is 29.5 Å². The van der Waals surface area contributed by atoms with Crippen LogP contribution in [0.5, 0.6) is 0 Å². The minimum Gasteiger partial charge on any atom is -0.352 e. The molecule has 1 amide bonds. The molecule has 0 aliphatic carbocycles. The second kappa shape index (κ2) is 7.87. The number of aromatic nitrogens is 1. The summed E-state index contributed by atoms with van der Waals surface area (Å²) in [5, 5.41) is 4.00. The Hall–Kier alpha value is -2.47. The lowest BCUT2D eigenvalue weighted by molar-refractivity contribution is -0.125. The quantitative estimate of drug-likeness (QED) is 0.701. The molecule has 0 unspecified atom stereocenters. The molecule has 6 heteroatoms. The molecule has 28 heavy (non-hydrogen) atoms. The maximum Gasteiger partial charge on any atom is 0.225 e. The van der Waals surface area contributed by atoms with E-state index in [0.29, 0.717) is 13.1 Å². The van der Waals surface area contributed by atoms with Gasteiger partial charge >= 0.3 is 0 Å². The Kier molecular flexibility index (Phi) is 5.31. The van der Waals surface area contributed by atoms with Gasteiger partial charge in [-0.2, -0.15) is 0 Å². The van der Waals surface area contributed by atoms with Crippen LogP contribution in [0, 0.1) is 25.6 Å². The fraction of sp³-hybridized carbons (Fsp3) is 0.364. The van der Waals surface area contributed by atoms with Crippen LogP contribution in [0.25, 0.3) is 10.2 Å². The fourth-order valence-corrected chi connectivity index (χ4v) is 4.97. The van der Waals surface area contributed by atoms with Crippen molar-refractivity contribution in [2.75, 3.05) is 18.0 Å². The van der Waals surface area contributed by atoms with Gasteiger partial charge in [-0.3, -0.25) is 4.79 Å². The number of fused-ring (bicyclic) bond motifs is 1. The Morgan fingerprint density at radius 3 is 2.86 bits per heavy atom. The number of benzene rings is 2. The van der Waals surface area contributed by atoms with Crippen molar-refractivity contribution in [3.05, 3.63) is 58.9 Å². The molecule has 3 aromatic rings. The number of nitrogens with zero attached hydrogens (tertiary/aromatic N) is 2. The summed E-state index contributed by atoms with van der Waals surface area (Å²) in [6.07, 6.45) is 1.86. The predicted molar refractivity (Wildman–Crippen MR) is 112 cm³/mol. The summed E-state index contributed by atoms with van der Waals surface area (Å²) < 4.78 is 14.2. The van der Waals surface area contributed by atoms with Gasteiger partial charge in [0.2, 0.25) is 5.91 Å². The first-order valence-electron chi connectivity index (χ1n) is 9.64. The second-order valence-corrected chi connectivity index (χ2v) is 8.56. The molecule has 4 nitrogen and oxygen atoms in total. The molecule has 0 spiro atoms. The smallest absolute Gasteiger partial charge is 0.225 e. The summed E-state index contributed by atoms with van der Waals surface area (Å²) in [6.45, 7) is 6.25. The lowest BCUT2D eigenvalue weighted by Gasteiger charge is -2.31. The molecule has 1 N–H and O–H groups in total. The van der Waals surface area contributed by atoms with Crippen LogP contribution in [0.4, 0.5) is 9.52 Å². The van der Waals surface area contributed by atoms with Crippen LogP contribution in [0.15, 0.2) is 36.4 Å². The Morgan fingerprint density at radius 1 is 1.29 bits per heavy atom. The summed E-state index contributed by atoms with van der Waals surface area (Å²) in [5.41, 5.74) is 4.41. The molecule has 1 saturated heterocycles. The number of aryl methyl sites for hydroxylation is 2. The molecule has 2 aromatic carbocycles. The number of carbonyl (C=O) groups excluding carboxylic acids is 1. The van der Waals surface area contributed by atoms with Gasteiger partial charge in [-0.05, 0) is 61.6 Å². The van der Waals surface area contributed by atoms with Crippen molar-refractivity contribution in [2.45, 2.75) is 33.2 Å². The third kappa shape index (κ3) is 4.02. The Labute approximate surface area is 168 Å². The van der Waals surface area contributed by atoms with E-state index in [1.807, 2.05) is 0 Å². The normalized spacial score (nSPS) is 17.1. The largest absolute Gasteiger partial charge is 0.352 e. The fourth-order valence-electron chi connectivity index (χ4n) is 3.79. The molecule has 1 fully saturated rings. The highest BCUT2D eigenvalue weighted by Gasteiger charge is 2.27. The summed E-state index contributed by atoms with van der Waals surface area (Å²) >= 11 is 1.71. The number of thiazole rings is 1. The average molecular weight is 398 g/mol. The topological polar surface area (TPSA) is 45.2 Å². The molecule has 1 aliphatic heterocycles. The van der Waals surface area contributed by atoms with Crippen molar-refractivity contribution in [1.82, 2.24) is 10.3 Å². The van der Waals surface area contributed by atoms with Crippen LogP contribution in [0.2, 0.25) is 0 Å². The number of amides is 1. The van der Waals surface area contributed by atoms with E-state index >= 15 is 0 Å². The molecule has 4 rings (SSSR count).